The van der Waals surface area contributed by atoms with Crippen LogP contribution in [-0.2, 0) is 19.1 Å². The van der Waals surface area contributed by atoms with Gasteiger partial charge in [0.25, 0.3) is 5.91 Å². The van der Waals surface area contributed by atoms with Gasteiger partial charge in [0.1, 0.15) is 0 Å². The minimum Gasteiger partial charge on any atom is -0.456 e. The third-order valence-corrected chi connectivity index (χ3v) is 5.38. The number of benzene rings is 1. The summed E-state index contributed by atoms with van der Waals surface area (Å²) in [7, 11) is 0. The van der Waals surface area contributed by atoms with E-state index in [0.717, 1.165) is 25.1 Å². The smallest absolute Gasteiger partial charge is 0.306 e. The van der Waals surface area contributed by atoms with E-state index in [1.54, 1.807) is 17.0 Å². The lowest BCUT2D eigenvalue weighted by Gasteiger charge is -2.20. The molecule has 1 heterocycles. The van der Waals surface area contributed by atoms with E-state index < -0.39 is 0 Å². The van der Waals surface area contributed by atoms with Crippen molar-refractivity contribution < 1.29 is 19.1 Å². The van der Waals surface area contributed by atoms with Crippen molar-refractivity contribution in [3.8, 4) is 0 Å². The maximum atomic E-state index is 12.0. The fraction of sp³-hybridized carbons (Fsp3) is 0.571. The highest BCUT2D eigenvalue weighted by Crippen LogP contribution is 2.27. The average Bonchev–Trinajstić information content (AvgIpc) is 3.12. The molecular formula is C21H28N2O4. The number of nitrogens with one attached hydrogen (secondary N) is 1. The Bertz CT molecular complexity index is 665. The Morgan fingerprint density at radius 1 is 1.07 bits per heavy atom. The monoisotopic (exact) mass is 372 g/mol. The summed E-state index contributed by atoms with van der Waals surface area (Å²) in [6.45, 7) is 0.469. The van der Waals surface area contributed by atoms with E-state index in [2.05, 4.69) is 5.32 Å². The van der Waals surface area contributed by atoms with Gasteiger partial charge in [0.05, 0.1) is 0 Å². The van der Waals surface area contributed by atoms with Crippen LogP contribution in [0.1, 0.15) is 57.8 Å². The third kappa shape index (κ3) is 5.81. The lowest BCUT2D eigenvalue weighted by molar-refractivity contribution is -0.147. The largest absolute Gasteiger partial charge is 0.456 e. The molecule has 0 spiro atoms. The highest BCUT2D eigenvalue weighted by Gasteiger charge is 2.21. The Kier molecular flexibility index (Phi) is 6.85. The zero-order chi connectivity index (χ0) is 19.1. The number of amides is 2. The molecule has 0 bridgehead atoms. The third-order valence-electron chi connectivity index (χ3n) is 5.38. The lowest BCUT2D eigenvalue weighted by Crippen LogP contribution is -2.24. The van der Waals surface area contributed by atoms with Gasteiger partial charge in [-0.2, -0.15) is 0 Å². The first-order valence-corrected chi connectivity index (χ1v) is 9.98. The molecule has 0 atom stereocenters. The number of anilines is 2. The number of carbonyl (C=O) groups excluding carboxylic acids is 3. The van der Waals surface area contributed by atoms with Crippen molar-refractivity contribution in [3.63, 3.8) is 0 Å². The number of hydrogen-bond donors (Lipinski definition) is 1. The number of hydrogen-bond acceptors (Lipinski definition) is 4. The first-order chi connectivity index (χ1) is 13.1. The van der Waals surface area contributed by atoms with Gasteiger partial charge in [-0.15, -0.1) is 0 Å². The summed E-state index contributed by atoms with van der Waals surface area (Å²) in [5.41, 5.74) is 1.46. The minimum absolute atomic E-state index is 0.131. The average molecular weight is 372 g/mol. The highest BCUT2D eigenvalue weighted by atomic mass is 16.5. The predicted molar refractivity (Wildman–Crippen MR) is 103 cm³/mol. The summed E-state index contributed by atoms with van der Waals surface area (Å²) >= 11 is 0. The first-order valence-electron chi connectivity index (χ1n) is 9.98. The summed E-state index contributed by atoms with van der Waals surface area (Å²) in [4.78, 5) is 37.3. The van der Waals surface area contributed by atoms with Crippen LogP contribution >= 0.6 is 0 Å². The summed E-state index contributed by atoms with van der Waals surface area (Å²) in [5.74, 6) is 0.0951. The molecule has 1 saturated carbocycles. The van der Waals surface area contributed by atoms with Gasteiger partial charge in [0, 0.05) is 30.8 Å². The van der Waals surface area contributed by atoms with Crippen LogP contribution in [0.4, 0.5) is 11.4 Å². The molecule has 2 amide bonds. The molecule has 27 heavy (non-hydrogen) atoms. The molecule has 1 aliphatic heterocycles. The van der Waals surface area contributed by atoms with Crippen LogP contribution in [-0.4, -0.2) is 30.9 Å². The number of ether oxygens (including phenoxy) is 1. The number of carbonyl (C=O) groups is 3. The fourth-order valence-electron chi connectivity index (χ4n) is 3.86. The van der Waals surface area contributed by atoms with Crippen molar-refractivity contribution in [2.75, 3.05) is 23.4 Å². The first kappa shape index (κ1) is 19.4. The molecule has 6 heteroatoms. The second-order valence-electron chi connectivity index (χ2n) is 7.45. The second-order valence-corrected chi connectivity index (χ2v) is 7.45. The van der Waals surface area contributed by atoms with E-state index in [0.29, 0.717) is 24.4 Å². The molecule has 1 aromatic rings. The van der Waals surface area contributed by atoms with E-state index in [1.165, 1.54) is 32.1 Å². The van der Waals surface area contributed by atoms with Crippen molar-refractivity contribution in [1.29, 1.82) is 0 Å². The van der Waals surface area contributed by atoms with Crippen molar-refractivity contribution in [1.82, 2.24) is 0 Å². The van der Waals surface area contributed by atoms with Crippen LogP contribution in [0.2, 0.25) is 0 Å². The molecule has 2 aliphatic rings. The van der Waals surface area contributed by atoms with Gasteiger partial charge in [-0.05, 0) is 43.0 Å². The Hall–Kier alpha value is -2.37. The van der Waals surface area contributed by atoms with Crippen LogP contribution in [0.25, 0.3) is 0 Å². The standard InChI is InChI=1S/C21H28N2O4/c24-19(15-27-21(26)13-8-16-5-2-1-3-6-16)22-17-9-11-18(12-10-17)23-14-4-7-20(23)25/h9-12,16H,1-8,13-15H2,(H,22,24). The Morgan fingerprint density at radius 3 is 2.48 bits per heavy atom. The van der Waals surface area contributed by atoms with Crippen molar-refractivity contribution in [3.05, 3.63) is 24.3 Å². The highest BCUT2D eigenvalue weighted by molar-refractivity contribution is 5.96. The summed E-state index contributed by atoms with van der Waals surface area (Å²) in [5, 5.41) is 2.71. The van der Waals surface area contributed by atoms with Crippen LogP contribution in [0.5, 0.6) is 0 Å². The van der Waals surface area contributed by atoms with Gasteiger partial charge in [-0.1, -0.05) is 32.1 Å². The molecule has 1 aromatic carbocycles. The zero-order valence-corrected chi connectivity index (χ0v) is 15.7. The second kappa shape index (κ2) is 9.53. The Balaban J connectivity index is 1.37. The minimum atomic E-state index is -0.356. The molecule has 2 fully saturated rings. The zero-order valence-electron chi connectivity index (χ0n) is 15.7. The Morgan fingerprint density at radius 2 is 1.81 bits per heavy atom. The topological polar surface area (TPSA) is 75.7 Å². The molecule has 0 aromatic heterocycles. The van der Waals surface area contributed by atoms with Crippen molar-refractivity contribution >= 4 is 29.2 Å². The summed E-state index contributed by atoms with van der Waals surface area (Å²) < 4.78 is 5.08. The molecule has 1 N–H and O–H groups in total. The molecule has 1 aliphatic carbocycles. The predicted octanol–water partition coefficient (Wildman–Crippen LogP) is 3.66. The van der Waals surface area contributed by atoms with E-state index in [-0.39, 0.29) is 24.4 Å². The fourth-order valence-corrected chi connectivity index (χ4v) is 3.86. The lowest BCUT2D eigenvalue weighted by atomic mass is 9.86. The van der Waals surface area contributed by atoms with Crippen LogP contribution in [0.15, 0.2) is 24.3 Å². The van der Waals surface area contributed by atoms with E-state index in [1.807, 2.05) is 12.1 Å². The molecular weight excluding hydrogens is 344 g/mol. The SMILES string of the molecule is O=C(COC(=O)CCC1CCCCC1)Nc1ccc(N2CCCC2=O)cc1. The maximum absolute atomic E-state index is 12.0. The molecule has 0 radical (unpaired) electrons. The van der Waals surface area contributed by atoms with Gasteiger partial charge < -0.3 is 15.0 Å². The molecule has 6 nitrogen and oxygen atoms in total. The molecule has 1 saturated heterocycles. The summed E-state index contributed by atoms with van der Waals surface area (Å²) in [6.07, 6.45) is 8.93. The maximum Gasteiger partial charge on any atom is 0.306 e. The van der Waals surface area contributed by atoms with Crippen LogP contribution in [0, 0.1) is 5.92 Å². The van der Waals surface area contributed by atoms with Gasteiger partial charge in [0.15, 0.2) is 6.61 Å². The van der Waals surface area contributed by atoms with Crippen LogP contribution < -0.4 is 10.2 Å². The van der Waals surface area contributed by atoms with Crippen molar-refractivity contribution in [2.45, 2.75) is 57.8 Å². The quantitative estimate of drug-likeness (QED) is 0.741. The van der Waals surface area contributed by atoms with Gasteiger partial charge >= 0.3 is 5.97 Å². The normalized spacial score (nSPS) is 17.8. The number of esters is 1. The van der Waals surface area contributed by atoms with E-state index in [9.17, 15) is 14.4 Å². The Labute approximate surface area is 160 Å². The van der Waals surface area contributed by atoms with Gasteiger partial charge in [-0.25, -0.2) is 0 Å². The van der Waals surface area contributed by atoms with Gasteiger partial charge in [-0.3, -0.25) is 14.4 Å². The van der Waals surface area contributed by atoms with Crippen LogP contribution in [0.3, 0.4) is 0 Å². The molecule has 0 unspecified atom stereocenters. The number of nitrogens with zero attached hydrogens (tertiary/aromatic N) is 1. The van der Waals surface area contributed by atoms with Crippen molar-refractivity contribution in [2.24, 2.45) is 5.92 Å². The molecule has 3 rings (SSSR count). The molecule has 146 valence electrons. The van der Waals surface area contributed by atoms with E-state index >= 15 is 0 Å². The summed E-state index contributed by atoms with van der Waals surface area (Å²) in [6, 6.07) is 7.14. The van der Waals surface area contributed by atoms with Gasteiger partial charge in [0.2, 0.25) is 5.91 Å². The number of rotatable bonds is 7. The van der Waals surface area contributed by atoms with E-state index in [4.69, 9.17) is 4.74 Å².